The Bertz CT molecular complexity index is 772. The highest BCUT2D eigenvalue weighted by Crippen LogP contribution is 2.44. The molecule has 0 heterocycles. The maximum atomic E-state index is 12.7. The maximum Gasteiger partial charge on any atom is 0.338 e. The van der Waals surface area contributed by atoms with Gasteiger partial charge in [0.2, 0.25) is 0 Å². The molecule has 5 heteroatoms. The molecule has 38 heavy (non-hydrogen) atoms. The van der Waals surface area contributed by atoms with E-state index in [-0.39, 0.29) is 11.6 Å². The van der Waals surface area contributed by atoms with Crippen molar-refractivity contribution in [2.75, 3.05) is 6.61 Å². The van der Waals surface area contributed by atoms with E-state index >= 15 is 0 Å². The van der Waals surface area contributed by atoms with Crippen molar-refractivity contribution in [1.82, 2.24) is 0 Å². The van der Waals surface area contributed by atoms with Crippen LogP contribution in [0.1, 0.15) is 122 Å². The largest absolute Gasteiger partial charge is 0.452 e. The Morgan fingerprint density at radius 3 is 1.97 bits per heavy atom. The second kappa shape index (κ2) is 18.8. The Morgan fingerprint density at radius 2 is 1.45 bits per heavy atom. The van der Waals surface area contributed by atoms with Crippen LogP contribution in [0.5, 0.6) is 0 Å². The normalized spacial score (nSPS) is 14.2. The van der Waals surface area contributed by atoms with Gasteiger partial charge in [-0.3, -0.25) is 0 Å². The molecular weight excluding hydrogens is 488 g/mol. The summed E-state index contributed by atoms with van der Waals surface area (Å²) in [5, 5.41) is 11.1. The molecule has 0 unspecified atom stereocenters. The number of aliphatic hydroxyl groups excluding tert-OH is 1. The number of esters is 1. The minimum absolute atomic E-state index is 0.0494. The van der Waals surface area contributed by atoms with Crippen LogP contribution in [0.3, 0.4) is 0 Å². The summed E-state index contributed by atoms with van der Waals surface area (Å²) in [5.41, 5.74) is 0.486. The van der Waals surface area contributed by atoms with Crippen LogP contribution in [0.25, 0.3) is 0 Å². The molecule has 0 amide bonds. The van der Waals surface area contributed by atoms with Crippen LogP contribution in [0.15, 0.2) is 42.5 Å². The number of hydrogen-bond acceptors (Lipinski definition) is 4. The summed E-state index contributed by atoms with van der Waals surface area (Å²) in [7, 11) is -2.10. The molecule has 0 spiro atoms. The van der Waals surface area contributed by atoms with Gasteiger partial charge in [-0.1, -0.05) is 123 Å². The maximum absolute atomic E-state index is 12.7. The molecule has 0 saturated heterocycles. The van der Waals surface area contributed by atoms with Crippen molar-refractivity contribution in [3.63, 3.8) is 0 Å². The second-order valence-electron chi connectivity index (χ2n) is 12.3. The van der Waals surface area contributed by atoms with E-state index in [9.17, 15) is 9.90 Å². The molecule has 2 atom stereocenters. The lowest BCUT2D eigenvalue weighted by molar-refractivity contribution is -0.0167. The Kier molecular flexibility index (Phi) is 17.1. The van der Waals surface area contributed by atoms with Crippen molar-refractivity contribution in [3.05, 3.63) is 48.0 Å². The third kappa shape index (κ3) is 13.1. The zero-order valence-electron chi connectivity index (χ0n) is 25.6. The quantitative estimate of drug-likeness (QED) is 0.0722. The highest BCUT2D eigenvalue weighted by atomic mass is 28.4. The number of rotatable bonds is 21. The number of unbranched alkanes of at least 4 members (excludes halogenated alkanes) is 11. The van der Waals surface area contributed by atoms with E-state index in [1.165, 1.54) is 64.2 Å². The summed E-state index contributed by atoms with van der Waals surface area (Å²) in [6, 6.07) is 8.97. The van der Waals surface area contributed by atoms with Crippen LogP contribution in [-0.4, -0.2) is 38.2 Å². The van der Waals surface area contributed by atoms with Gasteiger partial charge in [-0.2, -0.15) is 0 Å². The van der Waals surface area contributed by atoms with Gasteiger partial charge >= 0.3 is 5.97 Å². The Labute approximate surface area is 235 Å². The van der Waals surface area contributed by atoms with Crippen LogP contribution in [0.4, 0.5) is 0 Å². The van der Waals surface area contributed by atoms with E-state index < -0.39 is 26.5 Å². The number of allylic oxidation sites excluding steroid dienone is 1. The predicted molar refractivity (Wildman–Crippen MR) is 164 cm³/mol. The van der Waals surface area contributed by atoms with Gasteiger partial charge in [-0.15, -0.1) is 0 Å². The van der Waals surface area contributed by atoms with Gasteiger partial charge < -0.3 is 14.3 Å². The molecule has 1 N–H and O–H groups in total. The van der Waals surface area contributed by atoms with E-state index in [2.05, 4.69) is 53.8 Å². The first-order valence-corrected chi connectivity index (χ1v) is 18.2. The molecule has 0 radical (unpaired) electrons. The highest BCUT2D eigenvalue weighted by Gasteiger charge is 2.43. The molecule has 0 saturated carbocycles. The highest BCUT2D eigenvalue weighted by molar-refractivity contribution is 6.74. The van der Waals surface area contributed by atoms with Crippen molar-refractivity contribution in [2.45, 2.75) is 142 Å². The lowest BCUT2D eigenvalue weighted by atomic mass is 9.99. The first kappa shape index (κ1) is 34.6. The summed E-state index contributed by atoms with van der Waals surface area (Å²) in [6.45, 7) is 15.8. The first-order chi connectivity index (χ1) is 18.0. The van der Waals surface area contributed by atoms with Crippen molar-refractivity contribution >= 4 is 14.3 Å². The average Bonchev–Trinajstić information content (AvgIpc) is 2.89. The SMILES string of the molecule is CCCCCCCCCCCCC/C=C/[C@@H](OC(=O)c1ccccc1)[C@H](O)CO[Si](C)(C)C(C)(C)C(C)C. The summed E-state index contributed by atoms with van der Waals surface area (Å²) >= 11 is 0. The van der Waals surface area contributed by atoms with Gasteiger partial charge in [0.1, 0.15) is 12.2 Å². The number of ether oxygens (including phenoxy) is 1. The zero-order chi connectivity index (χ0) is 28.4. The smallest absolute Gasteiger partial charge is 0.338 e. The molecular formula is C33H58O4Si. The van der Waals surface area contributed by atoms with Gasteiger partial charge in [-0.25, -0.2) is 4.79 Å². The number of benzene rings is 1. The lowest BCUT2D eigenvalue weighted by Crippen LogP contribution is -2.48. The second-order valence-corrected chi connectivity index (χ2v) is 16.9. The Balaban J connectivity index is 2.57. The molecule has 1 aromatic rings. The van der Waals surface area contributed by atoms with Crippen molar-refractivity contribution < 1.29 is 19.1 Å². The van der Waals surface area contributed by atoms with Gasteiger partial charge in [0.15, 0.2) is 8.32 Å². The zero-order valence-corrected chi connectivity index (χ0v) is 26.6. The molecule has 0 bridgehead atoms. The fourth-order valence-corrected chi connectivity index (χ4v) is 6.79. The Hall–Kier alpha value is -1.43. The minimum Gasteiger partial charge on any atom is -0.452 e. The summed E-state index contributed by atoms with van der Waals surface area (Å²) in [6.07, 6.45) is 17.7. The first-order valence-electron chi connectivity index (χ1n) is 15.3. The monoisotopic (exact) mass is 546 g/mol. The molecule has 1 aromatic carbocycles. The van der Waals surface area contributed by atoms with Crippen molar-refractivity contribution in [3.8, 4) is 0 Å². The van der Waals surface area contributed by atoms with Gasteiger partial charge in [0, 0.05) is 0 Å². The topological polar surface area (TPSA) is 55.8 Å². The van der Waals surface area contributed by atoms with E-state index in [4.69, 9.17) is 9.16 Å². The molecule has 4 nitrogen and oxygen atoms in total. The van der Waals surface area contributed by atoms with Gasteiger partial charge in [-0.05, 0) is 55.1 Å². The van der Waals surface area contributed by atoms with E-state index in [1.807, 2.05) is 24.3 Å². The van der Waals surface area contributed by atoms with Crippen LogP contribution >= 0.6 is 0 Å². The third-order valence-corrected chi connectivity index (χ3v) is 13.1. The minimum atomic E-state index is -2.10. The van der Waals surface area contributed by atoms with Crippen LogP contribution in [0, 0.1) is 5.92 Å². The number of aliphatic hydroxyl groups is 1. The standard InChI is InChI=1S/C33H58O4Si/c1-8-9-10-11-12-13-14-15-16-17-18-19-23-26-31(37-32(35)29-24-21-20-22-25-29)30(34)27-36-38(6,7)33(4,5)28(2)3/h20-26,28,30-31,34H,8-19,27H2,1-7H3/b26-23+/t30-,31-/m1/s1. The van der Waals surface area contributed by atoms with E-state index in [0.29, 0.717) is 11.5 Å². The average molecular weight is 547 g/mol. The summed E-state index contributed by atoms with van der Waals surface area (Å²) < 4.78 is 12.1. The summed E-state index contributed by atoms with van der Waals surface area (Å²) in [4.78, 5) is 12.7. The lowest BCUT2D eigenvalue weighted by Gasteiger charge is -2.43. The molecule has 0 aliphatic rings. The number of carbonyl (C=O) groups excluding carboxylic acids is 1. The Morgan fingerprint density at radius 1 is 0.921 bits per heavy atom. The summed E-state index contributed by atoms with van der Waals surface area (Å²) in [5.74, 6) is 0.0479. The van der Waals surface area contributed by atoms with Crippen LogP contribution in [0.2, 0.25) is 18.1 Å². The third-order valence-electron chi connectivity index (χ3n) is 8.54. The van der Waals surface area contributed by atoms with Gasteiger partial charge in [0.05, 0.1) is 12.2 Å². The van der Waals surface area contributed by atoms with Gasteiger partial charge in [0.25, 0.3) is 0 Å². The van der Waals surface area contributed by atoms with E-state index in [0.717, 1.165) is 12.8 Å². The predicted octanol–water partition coefficient (Wildman–Crippen LogP) is 9.49. The van der Waals surface area contributed by atoms with Crippen molar-refractivity contribution in [2.24, 2.45) is 5.92 Å². The molecule has 0 fully saturated rings. The number of hydrogen-bond donors (Lipinski definition) is 1. The molecule has 0 aliphatic carbocycles. The molecule has 0 aliphatic heterocycles. The number of carbonyl (C=O) groups is 1. The molecule has 0 aromatic heterocycles. The van der Waals surface area contributed by atoms with E-state index in [1.54, 1.807) is 12.1 Å². The van der Waals surface area contributed by atoms with Crippen LogP contribution < -0.4 is 0 Å². The fourth-order valence-electron chi connectivity index (χ4n) is 4.44. The van der Waals surface area contributed by atoms with Crippen molar-refractivity contribution in [1.29, 1.82) is 0 Å². The van der Waals surface area contributed by atoms with Crippen LogP contribution in [-0.2, 0) is 9.16 Å². The molecule has 1 rings (SSSR count). The molecule has 218 valence electrons. The fraction of sp³-hybridized carbons (Fsp3) is 0.727.